The average Bonchev–Trinajstić information content (AvgIpc) is 2.48. The van der Waals surface area contributed by atoms with Crippen molar-refractivity contribution in [1.29, 1.82) is 0 Å². The third-order valence-corrected chi connectivity index (χ3v) is 4.52. The van der Waals surface area contributed by atoms with Gasteiger partial charge in [0.1, 0.15) is 0 Å². The molecule has 0 aromatic heterocycles. The molecule has 1 aromatic rings. The van der Waals surface area contributed by atoms with Crippen molar-refractivity contribution < 1.29 is 18.9 Å². The molecule has 1 aliphatic carbocycles. The van der Waals surface area contributed by atoms with Crippen LogP contribution in [-0.2, 0) is 0 Å². The third kappa shape index (κ3) is 1.91. The molecule has 0 spiro atoms. The summed E-state index contributed by atoms with van der Waals surface area (Å²) in [5.41, 5.74) is 5.18. The summed E-state index contributed by atoms with van der Waals surface area (Å²) in [4.78, 5) is 0. The molecule has 0 heterocycles. The van der Waals surface area contributed by atoms with E-state index in [0.717, 1.165) is 5.54 Å². The van der Waals surface area contributed by atoms with Crippen molar-refractivity contribution in [3.63, 3.8) is 0 Å². The number of aryl methyl sites for hydroxylation is 1. The van der Waals surface area contributed by atoms with Gasteiger partial charge >= 0.3 is 18.9 Å². The van der Waals surface area contributed by atoms with Crippen LogP contribution in [-0.4, -0.2) is 8.80 Å². The van der Waals surface area contributed by atoms with Crippen molar-refractivity contribution in [3.8, 4) is 0 Å². The van der Waals surface area contributed by atoms with Crippen molar-refractivity contribution in [3.05, 3.63) is 41.0 Å². The topological polar surface area (TPSA) is 0 Å². The van der Waals surface area contributed by atoms with Crippen LogP contribution in [0.4, 0.5) is 0 Å². The van der Waals surface area contributed by atoms with Gasteiger partial charge in [-0.3, -0.25) is 0 Å². The summed E-state index contributed by atoms with van der Waals surface area (Å²) >= 11 is 0. The molecule has 1 aliphatic rings. The normalized spacial score (nSPS) is 18.1. The van der Waals surface area contributed by atoms with Crippen LogP contribution in [0.15, 0.2) is 24.3 Å². The zero-order chi connectivity index (χ0) is 9.42. The molecule has 1 unspecified atom stereocenters. The minimum Gasteiger partial charge on any atom is -0.0794 e. The Labute approximate surface area is 100 Å². The van der Waals surface area contributed by atoms with E-state index in [4.69, 9.17) is 0 Å². The number of hydrogen-bond acceptors (Lipinski definition) is 0. The van der Waals surface area contributed by atoms with Gasteiger partial charge in [-0.15, -0.1) is 0 Å². The fourth-order valence-electron chi connectivity index (χ4n) is 2.00. The number of benzene rings is 1. The van der Waals surface area contributed by atoms with E-state index in [0.29, 0.717) is 0 Å². The Bertz CT molecular complexity index is 355. The first-order chi connectivity index (χ1) is 6.20. The Kier molecular flexibility index (Phi) is 3.83. The molecule has 2 rings (SSSR count). The number of allylic oxidation sites excluding steroid dienone is 1. The quantitative estimate of drug-likeness (QED) is 0.568. The van der Waals surface area contributed by atoms with E-state index in [-0.39, 0.29) is 27.7 Å². The van der Waals surface area contributed by atoms with E-state index < -0.39 is 0 Å². The molecular weight excluding hydrogens is 179 g/mol. The van der Waals surface area contributed by atoms with Crippen LogP contribution in [0.3, 0.4) is 0 Å². The molecule has 67 valence electrons. The smallest absolute Gasteiger partial charge is 0.0794 e. The number of fused-ring (bicyclic) bond motifs is 1. The SMILES string of the molecule is Cc1cccc2c1C=CC2[Si](C)C.[Li+]. The van der Waals surface area contributed by atoms with Crippen molar-refractivity contribution in [2.75, 3.05) is 0 Å². The fraction of sp³-hybridized carbons (Fsp3) is 0.333. The summed E-state index contributed by atoms with van der Waals surface area (Å²) in [6.45, 7) is 6.97. The summed E-state index contributed by atoms with van der Waals surface area (Å²) in [5, 5.41) is 0. The first-order valence-electron chi connectivity index (χ1n) is 4.78. The Morgan fingerprint density at radius 1 is 1.21 bits per heavy atom. The van der Waals surface area contributed by atoms with Gasteiger partial charge in [0.25, 0.3) is 0 Å². The van der Waals surface area contributed by atoms with Crippen molar-refractivity contribution in [1.82, 2.24) is 0 Å². The predicted molar refractivity (Wildman–Crippen MR) is 60.4 cm³/mol. The van der Waals surface area contributed by atoms with E-state index in [1.165, 1.54) is 11.1 Å². The van der Waals surface area contributed by atoms with Crippen molar-refractivity contribution >= 4 is 14.9 Å². The molecule has 0 amide bonds. The Hall–Kier alpha value is -0.226. The predicted octanol–water partition coefficient (Wildman–Crippen LogP) is 0.403. The van der Waals surface area contributed by atoms with Gasteiger partial charge in [-0.2, -0.15) is 0 Å². The van der Waals surface area contributed by atoms with Gasteiger partial charge in [0, 0.05) is 0 Å². The molecule has 0 aliphatic heterocycles. The second kappa shape index (κ2) is 4.53. The largest absolute Gasteiger partial charge is 1.00 e. The molecule has 1 atom stereocenters. The summed E-state index contributed by atoms with van der Waals surface area (Å²) < 4.78 is 0. The van der Waals surface area contributed by atoms with E-state index in [1.54, 1.807) is 5.56 Å². The van der Waals surface area contributed by atoms with Gasteiger partial charge in [0.2, 0.25) is 0 Å². The summed E-state index contributed by atoms with van der Waals surface area (Å²) in [5.74, 6) is 0. The van der Waals surface area contributed by atoms with E-state index >= 15 is 0 Å². The second-order valence-corrected chi connectivity index (χ2v) is 6.77. The first kappa shape index (κ1) is 11.8. The second-order valence-electron chi connectivity index (χ2n) is 3.99. The van der Waals surface area contributed by atoms with Gasteiger partial charge < -0.3 is 0 Å². The molecule has 0 saturated heterocycles. The maximum atomic E-state index is 2.39. The summed E-state index contributed by atoms with van der Waals surface area (Å²) in [6, 6.07) is 6.66. The molecule has 0 saturated carbocycles. The van der Waals surface area contributed by atoms with Crippen LogP contribution in [0.2, 0.25) is 13.1 Å². The zero-order valence-corrected chi connectivity index (χ0v) is 10.5. The van der Waals surface area contributed by atoms with Crippen LogP contribution in [0.25, 0.3) is 6.08 Å². The first-order valence-corrected chi connectivity index (χ1v) is 7.35. The van der Waals surface area contributed by atoms with E-state index in [9.17, 15) is 0 Å². The maximum absolute atomic E-state index is 2.39. The molecular formula is C12H15LiSi+. The molecule has 0 N–H and O–H groups in total. The molecule has 14 heavy (non-hydrogen) atoms. The van der Waals surface area contributed by atoms with Gasteiger partial charge in [-0.05, 0) is 29.2 Å². The Balaban J connectivity index is 0.000000980. The molecule has 1 radical (unpaired) electrons. The van der Waals surface area contributed by atoms with Gasteiger partial charge in [-0.25, -0.2) is 0 Å². The third-order valence-electron chi connectivity index (χ3n) is 2.77. The van der Waals surface area contributed by atoms with Crippen LogP contribution in [0, 0.1) is 6.92 Å². The fourth-order valence-corrected chi connectivity index (χ4v) is 3.36. The Morgan fingerprint density at radius 2 is 1.93 bits per heavy atom. The van der Waals surface area contributed by atoms with Crippen molar-refractivity contribution in [2.45, 2.75) is 25.6 Å². The summed E-state index contributed by atoms with van der Waals surface area (Å²) in [7, 11) is -0.227. The van der Waals surface area contributed by atoms with Gasteiger partial charge in [0.15, 0.2) is 0 Å². The molecule has 0 nitrogen and oxygen atoms in total. The minimum atomic E-state index is -0.227. The van der Waals surface area contributed by atoms with Crippen molar-refractivity contribution in [2.24, 2.45) is 0 Å². The van der Waals surface area contributed by atoms with Crippen LogP contribution in [0.5, 0.6) is 0 Å². The Morgan fingerprint density at radius 3 is 2.57 bits per heavy atom. The minimum absolute atomic E-state index is 0. The van der Waals surface area contributed by atoms with Gasteiger partial charge in [-0.1, -0.05) is 43.4 Å². The number of hydrogen-bond donors (Lipinski definition) is 0. The van der Waals surface area contributed by atoms with E-state index in [1.807, 2.05) is 0 Å². The molecule has 2 heteroatoms. The molecule has 1 aromatic carbocycles. The van der Waals surface area contributed by atoms with E-state index in [2.05, 4.69) is 50.4 Å². The zero-order valence-electron chi connectivity index (χ0n) is 9.46. The van der Waals surface area contributed by atoms with Crippen LogP contribution < -0.4 is 18.9 Å². The summed E-state index contributed by atoms with van der Waals surface area (Å²) in [6.07, 6.45) is 4.68. The molecule has 0 fully saturated rings. The maximum Gasteiger partial charge on any atom is 1.00 e. The monoisotopic (exact) mass is 194 g/mol. The average molecular weight is 194 g/mol. The molecule has 0 bridgehead atoms. The standard InChI is InChI=1S/C12H15Si.Li/c1-9-5-4-6-11-10(9)7-8-12(11)13(2)3;/h4-8,12H,1-3H3;/q;+1. The van der Waals surface area contributed by atoms with Crippen LogP contribution >= 0.6 is 0 Å². The van der Waals surface area contributed by atoms with Gasteiger partial charge in [0.05, 0.1) is 8.80 Å². The number of rotatable bonds is 1. The van der Waals surface area contributed by atoms with Crippen LogP contribution in [0.1, 0.15) is 22.2 Å².